The molecular weight excluding hydrogens is 207 g/mol. The Hall–Kier alpha value is -0.978. The Kier molecular flexibility index (Phi) is 4.39. The van der Waals surface area contributed by atoms with Crippen LogP contribution in [0.4, 0.5) is 0 Å². The maximum atomic E-state index is 10.7. The van der Waals surface area contributed by atoms with Crippen LogP contribution in [0.25, 0.3) is 0 Å². The molecular formula is C11H14AlO3. The second-order valence-corrected chi connectivity index (χ2v) is 4.26. The van der Waals surface area contributed by atoms with E-state index in [2.05, 4.69) is 0 Å². The van der Waals surface area contributed by atoms with Gasteiger partial charge in [0.2, 0.25) is 0 Å². The number of hydrogen-bond acceptors (Lipinski definition) is 2. The Labute approximate surface area is 99.9 Å². The van der Waals surface area contributed by atoms with E-state index in [4.69, 9.17) is 5.11 Å². The Balaban J connectivity index is 0.00000196. The molecule has 3 nitrogen and oxygen atoms in total. The molecule has 0 fully saturated rings. The van der Waals surface area contributed by atoms with Crippen LogP contribution in [-0.4, -0.2) is 33.5 Å². The summed E-state index contributed by atoms with van der Waals surface area (Å²) in [4.78, 5) is 10.7. The lowest BCUT2D eigenvalue weighted by Crippen LogP contribution is -2.12. The highest BCUT2D eigenvalue weighted by Gasteiger charge is 2.21. The van der Waals surface area contributed by atoms with Crippen molar-refractivity contribution in [2.24, 2.45) is 0 Å². The topological polar surface area (TPSA) is 57.5 Å². The van der Waals surface area contributed by atoms with E-state index in [0.717, 1.165) is 0 Å². The average molecular weight is 221 g/mol. The molecule has 0 aliphatic heterocycles. The Morgan fingerprint density at radius 2 is 1.80 bits per heavy atom. The highest BCUT2D eigenvalue weighted by molar-refractivity contribution is 5.91. The number of rotatable bonds is 1. The smallest absolute Gasteiger partial charge is 0.339 e. The average Bonchev–Trinajstić information content (AvgIpc) is 2.01. The highest BCUT2D eigenvalue weighted by Crippen LogP contribution is 2.32. The zero-order chi connectivity index (χ0) is 10.9. The van der Waals surface area contributed by atoms with Crippen molar-refractivity contribution in [2.45, 2.75) is 26.2 Å². The first-order valence-electron chi connectivity index (χ1n) is 4.40. The van der Waals surface area contributed by atoms with E-state index < -0.39 is 5.97 Å². The van der Waals surface area contributed by atoms with Crippen LogP contribution >= 0.6 is 0 Å². The number of carbonyl (C=O) groups is 1. The van der Waals surface area contributed by atoms with Crippen molar-refractivity contribution in [1.29, 1.82) is 0 Å². The zero-order valence-electron chi connectivity index (χ0n) is 9.11. The highest BCUT2D eigenvalue weighted by atomic mass is 27.0. The minimum Gasteiger partial charge on any atom is -0.507 e. The van der Waals surface area contributed by atoms with Gasteiger partial charge in [0.05, 0.1) is 0 Å². The van der Waals surface area contributed by atoms with Gasteiger partial charge in [-0.3, -0.25) is 0 Å². The molecule has 0 aliphatic rings. The van der Waals surface area contributed by atoms with Gasteiger partial charge in [0.1, 0.15) is 11.3 Å². The molecule has 0 saturated heterocycles. The molecule has 2 N–H and O–H groups in total. The van der Waals surface area contributed by atoms with Crippen molar-refractivity contribution < 1.29 is 15.0 Å². The van der Waals surface area contributed by atoms with Gasteiger partial charge >= 0.3 is 5.97 Å². The molecule has 3 radical (unpaired) electrons. The van der Waals surface area contributed by atoms with Crippen LogP contribution < -0.4 is 0 Å². The van der Waals surface area contributed by atoms with E-state index in [1.807, 2.05) is 20.8 Å². The molecule has 1 rings (SSSR count). The third kappa shape index (κ3) is 2.99. The summed E-state index contributed by atoms with van der Waals surface area (Å²) < 4.78 is 0. The fraction of sp³-hybridized carbons (Fsp3) is 0.364. The third-order valence-electron chi connectivity index (χ3n) is 2.07. The van der Waals surface area contributed by atoms with Gasteiger partial charge in [-0.1, -0.05) is 32.9 Å². The molecule has 0 unspecified atom stereocenters. The van der Waals surface area contributed by atoms with E-state index in [0.29, 0.717) is 5.56 Å². The fourth-order valence-electron chi connectivity index (χ4n) is 1.32. The monoisotopic (exact) mass is 221 g/mol. The van der Waals surface area contributed by atoms with Gasteiger partial charge in [-0.15, -0.1) is 0 Å². The minimum atomic E-state index is -1.10. The second kappa shape index (κ2) is 4.70. The van der Waals surface area contributed by atoms with Crippen molar-refractivity contribution in [1.82, 2.24) is 0 Å². The summed E-state index contributed by atoms with van der Waals surface area (Å²) in [5.74, 6) is -1.24. The second-order valence-electron chi connectivity index (χ2n) is 4.26. The zero-order valence-corrected chi connectivity index (χ0v) is 10.3. The molecule has 0 aliphatic carbocycles. The number of phenols is 1. The van der Waals surface area contributed by atoms with Crippen LogP contribution in [0.2, 0.25) is 0 Å². The summed E-state index contributed by atoms with van der Waals surface area (Å²) in [6.07, 6.45) is 0. The molecule has 0 amide bonds. The van der Waals surface area contributed by atoms with Gasteiger partial charge in [-0.05, 0) is 11.5 Å². The molecule has 0 saturated carbocycles. The van der Waals surface area contributed by atoms with Gasteiger partial charge in [0, 0.05) is 22.9 Å². The van der Waals surface area contributed by atoms with Crippen LogP contribution in [-0.2, 0) is 5.41 Å². The largest absolute Gasteiger partial charge is 0.507 e. The van der Waals surface area contributed by atoms with E-state index in [9.17, 15) is 9.90 Å². The Morgan fingerprint density at radius 3 is 2.20 bits per heavy atom. The molecule has 0 spiro atoms. The number of benzene rings is 1. The lowest BCUT2D eigenvalue weighted by Gasteiger charge is -2.20. The molecule has 1 aromatic carbocycles. The molecule has 15 heavy (non-hydrogen) atoms. The van der Waals surface area contributed by atoms with E-state index >= 15 is 0 Å². The first kappa shape index (κ1) is 14.0. The normalized spacial score (nSPS) is 10.6. The summed E-state index contributed by atoms with van der Waals surface area (Å²) in [6, 6.07) is 4.78. The van der Waals surface area contributed by atoms with Gasteiger partial charge in [0.25, 0.3) is 0 Å². The Morgan fingerprint density at radius 1 is 1.27 bits per heavy atom. The number of aromatic carboxylic acids is 1. The maximum Gasteiger partial charge on any atom is 0.339 e. The van der Waals surface area contributed by atoms with Crippen molar-refractivity contribution >= 4 is 23.3 Å². The summed E-state index contributed by atoms with van der Waals surface area (Å²) >= 11 is 0. The SMILES string of the molecule is CC(C)(C)c1cccc(C(=O)O)c1O.[Al]. The summed E-state index contributed by atoms with van der Waals surface area (Å²) in [5.41, 5.74) is 0.352. The van der Waals surface area contributed by atoms with Crippen LogP contribution in [0.1, 0.15) is 36.7 Å². The van der Waals surface area contributed by atoms with Gasteiger partial charge in [0.15, 0.2) is 0 Å². The number of hydrogen-bond donors (Lipinski definition) is 2. The molecule has 1 aromatic rings. The van der Waals surface area contributed by atoms with Crippen molar-refractivity contribution in [3.8, 4) is 5.75 Å². The predicted molar refractivity (Wildman–Crippen MR) is 59.5 cm³/mol. The maximum absolute atomic E-state index is 10.7. The molecule has 0 heterocycles. The van der Waals surface area contributed by atoms with Crippen molar-refractivity contribution in [3.63, 3.8) is 0 Å². The standard InChI is InChI=1S/C11H14O3.Al/c1-11(2,3)8-6-4-5-7(9(8)12)10(13)14;/h4-6,12H,1-3H3,(H,13,14);. The molecule has 0 atom stereocenters. The predicted octanol–water partition coefficient (Wildman–Crippen LogP) is 2.01. The summed E-state index contributed by atoms with van der Waals surface area (Å²) in [6.45, 7) is 5.77. The first-order valence-corrected chi connectivity index (χ1v) is 4.40. The molecule has 4 heteroatoms. The molecule has 0 aromatic heterocycles. The quantitative estimate of drug-likeness (QED) is 0.713. The van der Waals surface area contributed by atoms with Gasteiger partial charge < -0.3 is 10.2 Å². The lowest BCUT2D eigenvalue weighted by molar-refractivity contribution is 0.0693. The third-order valence-corrected chi connectivity index (χ3v) is 2.07. The van der Waals surface area contributed by atoms with E-state index in [1.54, 1.807) is 12.1 Å². The van der Waals surface area contributed by atoms with Crippen LogP contribution in [0.5, 0.6) is 5.75 Å². The minimum absolute atomic E-state index is 0. The van der Waals surface area contributed by atoms with Crippen molar-refractivity contribution in [2.75, 3.05) is 0 Å². The van der Waals surface area contributed by atoms with E-state index in [-0.39, 0.29) is 34.1 Å². The van der Waals surface area contributed by atoms with Crippen LogP contribution in [0, 0.1) is 0 Å². The number of para-hydroxylation sites is 1. The molecule has 79 valence electrons. The number of aromatic hydroxyl groups is 1. The lowest BCUT2D eigenvalue weighted by atomic mass is 9.85. The van der Waals surface area contributed by atoms with Gasteiger partial charge in [-0.2, -0.15) is 0 Å². The number of carboxylic acids is 1. The molecule has 0 bridgehead atoms. The summed E-state index contributed by atoms with van der Waals surface area (Å²) in [7, 11) is 0. The first-order chi connectivity index (χ1) is 6.34. The van der Waals surface area contributed by atoms with E-state index in [1.165, 1.54) is 6.07 Å². The van der Waals surface area contributed by atoms with Crippen LogP contribution in [0.15, 0.2) is 18.2 Å². The van der Waals surface area contributed by atoms with Gasteiger partial charge in [-0.25, -0.2) is 4.79 Å². The van der Waals surface area contributed by atoms with Crippen molar-refractivity contribution in [3.05, 3.63) is 29.3 Å². The summed E-state index contributed by atoms with van der Waals surface area (Å²) in [5, 5.41) is 18.5. The van der Waals surface area contributed by atoms with Crippen LogP contribution in [0.3, 0.4) is 0 Å². The number of carboxylic acid groups (broad SMARTS) is 1. The Bertz CT molecular complexity index is 367. The fourth-order valence-corrected chi connectivity index (χ4v) is 1.32.